The summed E-state index contributed by atoms with van der Waals surface area (Å²) in [6, 6.07) is 0.894. The minimum atomic E-state index is 0.184. The minimum absolute atomic E-state index is 0.184. The standard InChI is InChI=1S/C10H19N3O/c1-2-5-13-7-10(14)12-8-6-11-4-3-9(8)13/h8-9,11H,2-7H2,1H3,(H,12,14). The van der Waals surface area contributed by atoms with Gasteiger partial charge in [-0.15, -0.1) is 0 Å². The third-order valence-electron chi connectivity index (χ3n) is 3.12. The van der Waals surface area contributed by atoms with Crippen molar-refractivity contribution >= 4 is 5.91 Å². The molecule has 4 heteroatoms. The molecule has 2 aliphatic rings. The van der Waals surface area contributed by atoms with Crippen molar-refractivity contribution in [3.63, 3.8) is 0 Å². The smallest absolute Gasteiger partial charge is 0.234 e. The molecule has 0 spiro atoms. The molecule has 2 atom stereocenters. The van der Waals surface area contributed by atoms with Crippen molar-refractivity contribution in [2.24, 2.45) is 0 Å². The van der Waals surface area contributed by atoms with Crippen molar-refractivity contribution in [3.8, 4) is 0 Å². The Hall–Kier alpha value is -0.610. The Morgan fingerprint density at radius 2 is 2.43 bits per heavy atom. The number of rotatable bonds is 2. The monoisotopic (exact) mass is 197 g/mol. The molecule has 2 fully saturated rings. The summed E-state index contributed by atoms with van der Waals surface area (Å²) < 4.78 is 0. The molecule has 0 aliphatic carbocycles. The van der Waals surface area contributed by atoms with Gasteiger partial charge in [0.1, 0.15) is 0 Å². The first-order chi connectivity index (χ1) is 6.81. The lowest BCUT2D eigenvalue weighted by molar-refractivity contribution is -0.128. The van der Waals surface area contributed by atoms with Gasteiger partial charge in [0.15, 0.2) is 0 Å². The number of piperidine rings is 1. The number of amides is 1. The summed E-state index contributed by atoms with van der Waals surface area (Å²) in [6.07, 6.45) is 2.29. The number of carbonyl (C=O) groups is 1. The molecule has 0 aromatic carbocycles. The highest BCUT2D eigenvalue weighted by Crippen LogP contribution is 2.16. The topological polar surface area (TPSA) is 44.4 Å². The molecule has 2 saturated heterocycles. The highest BCUT2D eigenvalue weighted by molar-refractivity contribution is 5.79. The van der Waals surface area contributed by atoms with E-state index in [0.29, 0.717) is 18.6 Å². The molecule has 4 nitrogen and oxygen atoms in total. The number of carbonyl (C=O) groups excluding carboxylic acids is 1. The third-order valence-corrected chi connectivity index (χ3v) is 3.12. The van der Waals surface area contributed by atoms with Crippen LogP contribution in [0.1, 0.15) is 19.8 Å². The van der Waals surface area contributed by atoms with Gasteiger partial charge in [0.25, 0.3) is 0 Å². The molecular weight excluding hydrogens is 178 g/mol. The molecular formula is C10H19N3O. The van der Waals surface area contributed by atoms with E-state index in [2.05, 4.69) is 22.5 Å². The van der Waals surface area contributed by atoms with Crippen LogP contribution in [0.2, 0.25) is 0 Å². The quantitative estimate of drug-likeness (QED) is 0.631. The molecule has 0 bridgehead atoms. The Morgan fingerprint density at radius 3 is 3.21 bits per heavy atom. The second-order valence-electron chi connectivity index (χ2n) is 4.20. The van der Waals surface area contributed by atoms with Crippen LogP contribution in [0.15, 0.2) is 0 Å². The molecule has 80 valence electrons. The fraction of sp³-hybridized carbons (Fsp3) is 0.900. The summed E-state index contributed by atoms with van der Waals surface area (Å²) in [5, 5.41) is 6.39. The van der Waals surface area contributed by atoms with E-state index in [9.17, 15) is 4.79 Å². The maximum atomic E-state index is 11.4. The van der Waals surface area contributed by atoms with Crippen LogP contribution in [-0.2, 0) is 4.79 Å². The number of hydrogen-bond acceptors (Lipinski definition) is 3. The largest absolute Gasteiger partial charge is 0.349 e. The van der Waals surface area contributed by atoms with Crippen LogP contribution in [0.25, 0.3) is 0 Å². The van der Waals surface area contributed by atoms with Gasteiger partial charge in [0.05, 0.1) is 12.6 Å². The first-order valence-electron chi connectivity index (χ1n) is 5.55. The molecule has 14 heavy (non-hydrogen) atoms. The van der Waals surface area contributed by atoms with Crippen molar-refractivity contribution in [1.82, 2.24) is 15.5 Å². The van der Waals surface area contributed by atoms with E-state index in [4.69, 9.17) is 0 Å². The van der Waals surface area contributed by atoms with Gasteiger partial charge in [-0.2, -0.15) is 0 Å². The van der Waals surface area contributed by atoms with Gasteiger partial charge in [-0.1, -0.05) is 6.92 Å². The lowest BCUT2D eigenvalue weighted by atomic mass is 9.96. The molecule has 2 aliphatic heterocycles. The lowest BCUT2D eigenvalue weighted by Crippen LogP contribution is -2.66. The van der Waals surface area contributed by atoms with Crippen molar-refractivity contribution in [3.05, 3.63) is 0 Å². The van der Waals surface area contributed by atoms with Gasteiger partial charge in [0.2, 0.25) is 5.91 Å². The van der Waals surface area contributed by atoms with E-state index in [1.807, 2.05) is 0 Å². The fourth-order valence-electron chi connectivity index (χ4n) is 2.52. The van der Waals surface area contributed by atoms with Crippen molar-refractivity contribution in [2.75, 3.05) is 26.2 Å². The van der Waals surface area contributed by atoms with Crippen molar-refractivity contribution in [1.29, 1.82) is 0 Å². The average molecular weight is 197 g/mol. The van der Waals surface area contributed by atoms with Gasteiger partial charge >= 0.3 is 0 Å². The molecule has 0 saturated carbocycles. The van der Waals surface area contributed by atoms with Crippen LogP contribution in [0.3, 0.4) is 0 Å². The maximum absolute atomic E-state index is 11.4. The van der Waals surface area contributed by atoms with Gasteiger partial charge in [-0.05, 0) is 25.9 Å². The summed E-state index contributed by atoms with van der Waals surface area (Å²) in [6.45, 7) is 5.82. The second-order valence-corrected chi connectivity index (χ2v) is 4.20. The second kappa shape index (κ2) is 4.28. The van der Waals surface area contributed by atoms with Crippen LogP contribution in [0.5, 0.6) is 0 Å². The predicted octanol–water partition coefficient (Wildman–Crippen LogP) is -0.441. The summed E-state index contributed by atoms with van der Waals surface area (Å²) in [7, 11) is 0. The summed E-state index contributed by atoms with van der Waals surface area (Å²) in [4.78, 5) is 13.8. The number of piperazine rings is 1. The van der Waals surface area contributed by atoms with E-state index < -0.39 is 0 Å². The Bertz CT molecular complexity index is 219. The van der Waals surface area contributed by atoms with E-state index in [0.717, 1.165) is 32.5 Å². The first kappa shape index (κ1) is 9.93. The van der Waals surface area contributed by atoms with Gasteiger partial charge in [0, 0.05) is 12.6 Å². The minimum Gasteiger partial charge on any atom is -0.349 e. The number of hydrogen-bond donors (Lipinski definition) is 2. The van der Waals surface area contributed by atoms with Crippen molar-refractivity contribution < 1.29 is 4.79 Å². The van der Waals surface area contributed by atoms with Gasteiger partial charge in [-0.25, -0.2) is 0 Å². The molecule has 2 heterocycles. The molecule has 1 amide bonds. The Morgan fingerprint density at radius 1 is 1.57 bits per heavy atom. The Labute approximate surface area is 85.0 Å². The normalized spacial score (nSPS) is 33.6. The summed E-state index contributed by atoms with van der Waals surface area (Å²) in [5.41, 5.74) is 0. The Balaban J connectivity index is 2.03. The first-order valence-corrected chi connectivity index (χ1v) is 5.55. The van der Waals surface area contributed by atoms with Crippen LogP contribution >= 0.6 is 0 Å². The zero-order valence-corrected chi connectivity index (χ0v) is 8.75. The van der Waals surface area contributed by atoms with Crippen LogP contribution in [0, 0.1) is 0 Å². The molecule has 0 aromatic heterocycles. The SMILES string of the molecule is CCCN1CC(=O)NC2CNCCC21. The molecule has 2 unspecified atom stereocenters. The van der Waals surface area contributed by atoms with Crippen LogP contribution in [0.4, 0.5) is 0 Å². The zero-order valence-electron chi connectivity index (χ0n) is 8.75. The summed E-state index contributed by atoms with van der Waals surface area (Å²) in [5.74, 6) is 0.184. The highest BCUT2D eigenvalue weighted by atomic mass is 16.2. The molecule has 0 radical (unpaired) electrons. The van der Waals surface area contributed by atoms with Gasteiger partial charge < -0.3 is 10.6 Å². The number of nitrogens with zero attached hydrogens (tertiary/aromatic N) is 1. The predicted molar refractivity (Wildman–Crippen MR) is 55.1 cm³/mol. The number of fused-ring (bicyclic) bond motifs is 1. The lowest BCUT2D eigenvalue weighted by Gasteiger charge is -2.44. The molecule has 2 rings (SSSR count). The van der Waals surface area contributed by atoms with E-state index in [1.54, 1.807) is 0 Å². The summed E-state index contributed by atoms with van der Waals surface area (Å²) >= 11 is 0. The van der Waals surface area contributed by atoms with E-state index in [1.165, 1.54) is 0 Å². The molecule has 2 N–H and O–H groups in total. The third kappa shape index (κ3) is 1.91. The average Bonchev–Trinajstić information content (AvgIpc) is 2.18. The fourth-order valence-corrected chi connectivity index (χ4v) is 2.52. The zero-order chi connectivity index (χ0) is 9.97. The highest BCUT2D eigenvalue weighted by Gasteiger charge is 2.35. The molecule has 0 aromatic rings. The van der Waals surface area contributed by atoms with E-state index >= 15 is 0 Å². The van der Waals surface area contributed by atoms with Crippen LogP contribution in [-0.4, -0.2) is 49.1 Å². The Kier molecular flexibility index (Phi) is 3.03. The van der Waals surface area contributed by atoms with E-state index in [-0.39, 0.29) is 5.91 Å². The van der Waals surface area contributed by atoms with Crippen LogP contribution < -0.4 is 10.6 Å². The number of nitrogens with one attached hydrogen (secondary N) is 2. The van der Waals surface area contributed by atoms with Gasteiger partial charge in [-0.3, -0.25) is 9.69 Å². The van der Waals surface area contributed by atoms with Crippen molar-refractivity contribution in [2.45, 2.75) is 31.8 Å². The maximum Gasteiger partial charge on any atom is 0.234 e.